The Hall–Kier alpha value is -1.32. The van der Waals surface area contributed by atoms with E-state index in [2.05, 4.69) is 13.2 Å². The summed E-state index contributed by atoms with van der Waals surface area (Å²) in [6, 6.07) is 1.69. The highest BCUT2D eigenvalue weighted by Gasteiger charge is 1.34. The van der Waals surface area contributed by atoms with Crippen molar-refractivity contribution in [3.63, 3.8) is 0 Å². The Kier molecular flexibility index (Phi) is 29.5. The number of nitriles is 1. The van der Waals surface area contributed by atoms with Gasteiger partial charge >= 0.3 is 0 Å². The van der Waals surface area contributed by atoms with Gasteiger partial charge in [0.1, 0.15) is 5.94 Å². The maximum absolute atomic E-state index is 8.57. The van der Waals surface area contributed by atoms with Crippen LogP contribution in [0, 0.1) is 11.3 Å². The first-order valence-corrected chi connectivity index (χ1v) is 1.48. The van der Waals surface area contributed by atoms with Crippen LogP contribution in [-0.4, -0.2) is 5.94 Å². The standard InChI is InChI=1S/C3H3N.C2H2O/c1-2-3-4;1-2-3/h2H,1H2;1H2. The maximum Gasteiger partial charge on any atom is 0.116 e. The molecule has 0 aliphatic heterocycles. The summed E-state index contributed by atoms with van der Waals surface area (Å²) in [5, 5.41) is 7.51. The van der Waals surface area contributed by atoms with Gasteiger partial charge in [-0.05, 0) is 6.58 Å². The number of nitrogens with zero attached hydrogens (tertiary/aromatic N) is 1. The molecule has 0 unspecified atom stereocenters. The highest BCUT2D eigenvalue weighted by atomic mass is 16.1. The Morgan fingerprint density at radius 2 is 1.86 bits per heavy atom. The topological polar surface area (TPSA) is 40.9 Å². The zero-order valence-electron chi connectivity index (χ0n) is 3.85. The monoisotopic (exact) mass is 95.0 g/mol. The van der Waals surface area contributed by atoms with Crippen molar-refractivity contribution >= 4 is 5.94 Å². The number of carbonyl (C=O) groups excluding carboxylic acids is 1. The van der Waals surface area contributed by atoms with E-state index >= 15 is 0 Å². The summed E-state index contributed by atoms with van der Waals surface area (Å²) in [5.74, 6) is 1.25. The maximum atomic E-state index is 8.57. The molecule has 0 spiro atoms. The fourth-order valence-electron chi connectivity index (χ4n) is 0. The Bertz CT molecular complexity index is 104. The van der Waals surface area contributed by atoms with Gasteiger partial charge in [0.15, 0.2) is 0 Å². The molecule has 36 valence electrons. The number of rotatable bonds is 0. The summed E-state index contributed by atoms with van der Waals surface area (Å²) in [5.41, 5.74) is 0. The van der Waals surface area contributed by atoms with Crippen LogP contribution in [0.1, 0.15) is 0 Å². The van der Waals surface area contributed by atoms with Crippen LogP contribution in [-0.2, 0) is 4.79 Å². The summed E-state index contributed by atoms with van der Waals surface area (Å²) < 4.78 is 0. The van der Waals surface area contributed by atoms with Gasteiger partial charge in [-0.15, -0.1) is 0 Å². The van der Waals surface area contributed by atoms with Gasteiger partial charge in [-0.3, -0.25) is 0 Å². The summed E-state index contributed by atoms with van der Waals surface area (Å²) >= 11 is 0. The van der Waals surface area contributed by atoms with E-state index in [9.17, 15) is 0 Å². The molecular weight excluding hydrogens is 90.1 g/mol. The van der Waals surface area contributed by atoms with Crippen LogP contribution in [0.15, 0.2) is 19.2 Å². The summed E-state index contributed by atoms with van der Waals surface area (Å²) in [6.07, 6.45) is 1.18. The second-order valence-corrected chi connectivity index (χ2v) is 0.478. The number of hydrogen-bond acceptors (Lipinski definition) is 2. The first-order valence-electron chi connectivity index (χ1n) is 1.48. The van der Waals surface area contributed by atoms with E-state index in [0.717, 1.165) is 0 Å². The van der Waals surface area contributed by atoms with Crippen LogP contribution in [0.3, 0.4) is 0 Å². The van der Waals surface area contributed by atoms with Crippen molar-refractivity contribution in [2.24, 2.45) is 0 Å². The van der Waals surface area contributed by atoms with Crippen molar-refractivity contribution in [1.29, 1.82) is 5.26 Å². The molecule has 7 heavy (non-hydrogen) atoms. The number of allylic oxidation sites excluding steroid dienone is 1. The summed E-state index contributed by atoms with van der Waals surface area (Å²) in [4.78, 5) is 8.57. The lowest BCUT2D eigenvalue weighted by atomic mass is 10.8. The molecule has 0 rings (SSSR count). The van der Waals surface area contributed by atoms with E-state index in [1.54, 1.807) is 6.07 Å². The summed E-state index contributed by atoms with van der Waals surface area (Å²) in [7, 11) is 0. The van der Waals surface area contributed by atoms with E-state index in [1.165, 1.54) is 12.0 Å². The molecule has 0 radical (unpaired) electrons. The van der Waals surface area contributed by atoms with Gasteiger partial charge in [0.05, 0.1) is 6.07 Å². The smallest absolute Gasteiger partial charge is 0.116 e. The molecule has 0 atom stereocenters. The Morgan fingerprint density at radius 1 is 1.71 bits per heavy atom. The third kappa shape index (κ3) is 328. The minimum Gasteiger partial charge on any atom is -0.234 e. The minimum atomic E-state index is 1.18. The molecule has 0 fully saturated rings. The third-order valence-corrected chi connectivity index (χ3v) is 0.0913. The van der Waals surface area contributed by atoms with Crippen molar-refractivity contribution in [3.8, 4) is 6.07 Å². The van der Waals surface area contributed by atoms with Crippen molar-refractivity contribution in [2.45, 2.75) is 0 Å². The average molecular weight is 95.1 g/mol. The predicted octanol–water partition coefficient (Wildman–Crippen LogP) is 0.700. The minimum absolute atomic E-state index is 1.18. The van der Waals surface area contributed by atoms with E-state index in [1.807, 2.05) is 0 Å². The van der Waals surface area contributed by atoms with Crippen LogP contribution in [0.25, 0.3) is 0 Å². The van der Waals surface area contributed by atoms with Crippen molar-refractivity contribution in [1.82, 2.24) is 0 Å². The Morgan fingerprint density at radius 3 is 1.86 bits per heavy atom. The van der Waals surface area contributed by atoms with Crippen LogP contribution >= 0.6 is 0 Å². The fraction of sp³-hybridized carbons (Fsp3) is 0. The molecular formula is C5H5NO. The largest absolute Gasteiger partial charge is 0.234 e. The van der Waals surface area contributed by atoms with Gasteiger partial charge in [-0.2, -0.15) is 5.26 Å². The van der Waals surface area contributed by atoms with E-state index in [0.29, 0.717) is 0 Å². The molecule has 0 aliphatic carbocycles. The molecule has 0 aromatic heterocycles. The lowest BCUT2D eigenvalue weighted by Crippen LogP contribution is -1.23. The Balaban J connectivity index is 0. The predicted molar refractivity (Wildman–Crippen MR) is 27.1 cm³/mol. The van der Waals surface area contributed by atoms with Crippen molar-refractivity contribution in [3.05, 3.63) is 19.2 Å². The molecule has 0 saturated carbocycles. The average Bonchev–Trinajstić information content (AvgIpc) is 1.69. The molecule has 0 aromatic carbocycles. The van der Waals surface area contributed by atoms with Crippen LogP contribution in [0.4, 0.5) is 0 Å². The zero-order chi connectivity index (χ0) is 6.12. The van der Waals surface area contributed by atoms with Crippen LogP contribution < -0.4 is 0 Å². The molecule has 0 heterocycles. The highest BCUT2D eigenvalue weighted by molar-refractivity contribution is 5.38. The van der Waals surface area contributed by atoms with E-state index in [4.69, 9.17) is 10.1 Å². The first-order chi connectivity index (χ1) is 3.33. The van der Waals surface area contributed by atoms with E-state index in [-0.39, 0.29) is 0 Å². The lowest BCUT2D eigenvalue weighted by molar-refractivity contribution is 0.569. The highest BCUT2D eigenvalue weighted by Crippen LogP contribution is 1.41. The van der Waals surface area contributed by atoms with Gasteiger partial charge in [0.2, 0.25) is 0 Å². The second-order valence-electron chi connectivity index (χ2n) is 0.478. The zero-order valence-corrected chi connectivity index (χ0v) is 3.85. The van der Waals surface area contributed by atoms with Gasteiger partial charge in [-0.25, -0.2) is 4.79 Å². The van der Waals surface area contributed by atoms with E-state index < -0.39 is 0 Å². The quantitative estimate of drug-likeness (QED) is 0.328. The molecule has 0 amide bonds. The van der Waals surface area contributed by atoms with Crippen molar-refractivity contribution in [2.75, 3.05) is 0 Å². The lowest BCUT2D eigenvalue weighted by Gasteiger charge is -1.31. The van der Waals surface area contributed by atoms with Crippen LogP contribution in [0.5, 0.6) is 0 Å². The molecule has 0 aliphatic rings. The molecule has 0 aromatic rings. The van der Waals surface area contributed by atoms with Gasteiger partial charge in [0, 0.05) is 6.08 Å². The first kappa shape index (κ1) is 9.19. The summed E-state index contributed by atoms with van der Waals surface area (Å²) in [6.45, 7) is 5.80. The molecule has 0 saturated heterocycles. The van der Waals surface area contributed by atoms with Crippen molar-refractivity contribution < 1.29 is 4.79 Å². The molecule has 0 N–H and O–H groups in total. The Labute approximate surface area is 42.4 Å². The number of hydrogen-bond donors (Lipinski definition) is 0. The third-order valence-electron chi connectivity index (χ3n) is 0.0913. The second kappa shape index (κ2) is 22.5. The van der Waals surface area contributed by atoms with Gasteiger partial charge < -0.3 is 0 Å². The van der Waals surface area contributed by atoms with Gasteiger partial charge in [0.25, 0.3) is 0 Å². The normalized spacial score (nSPS) is 3.29. The molecule has 0 bridgehead atoms. The fourth-order valence-corrected chi connectivity index (χ4v) is 0. The molecule has 2 nitrogen and oxygen atoms in total. The van der Waals surface area contributed by atoms with Gasteiger partial charge in [-0.1, -0.05) is 6.58 Å². The SMILES string of the molecule is C=C=O.C=CC#N. The molecule has 2 heteroatoms. The van der Waals surface area contributed by atoms with Crippen LogP contribution in [0.2, 0.25) is 0 Å².